The van der Waals surface area contributed by atoms with Gasteiger partial charge in [-0.1, -0.05) is 23.9 Å². The molecule has 0 spiro atoms. The van der Waals surface area contributed by atoms with Crippen LogP contribution in [0, 0.1) is 12.7 Å². The number of aromatic nitrogens is 2. The Labute approximate surface area is 144 Å². The summed E-state index contributed by atoms with van der Waals surface area (Å²) in [5.74, 6) is -0.193. The Morgan fingerprint density at radius 2 is 2.08 bits per heavy atom. The van der Waals surface area contributed by atoms with Gasteiger partial charge in [-0.05, 0) is 49.7 Å². The van der Waals surface area contributed by atoms with Gasteiger partial charge in [-0.25, -0.2) is 9.37 Å². The fourth-order valence-corrected chi connectivity index (χ4v) is 3.43. The molecular weight excluding hydrogens is 325 g/mol. The summed E-state index contributed by atoms with van der Waals surface area (Å²) in [6.45, 7) is 4.62. The van der Waals surface area contributed by atoms with Crippen LogP contribution in [0.5, 0.6) is 0 Å². The zero-order valence-electron chi connectivity index (χ0n) is 13.5. The SMILES string of the molecule is CCn1c(SCC(=O)Nc2ccc(F)cc2C)nc2ccccc21. The number of carbonyl (C=O) groups is 1. The van der Waals surface area contributed by atoms with E-state index in [1.54, 1.807) is 13.0 Å². The second kappa shape index (κ2) is 7.05. The van der Waals surface area contributed by atoms with Crippen molar-refractivity contribution in [1.29, 1.82) is 0 Å². The van der Waals surface area contributed by atoms with Crippen molar-refractivity contribution in [2.24, 2.45) is 0 Å². The topological polar surface area (TPSA) is 46.9 Å². The molecule has 1 aromatic heterocycles. The van der Waals surface area contributed by atoms with Crippen LogP contribution in [-0.4, -0.2) is 21.2 Å². The number of hydrogen-bond acceptors (Lipinski definition) is 3. The van der Waals surface area contributed by atoms with Crippen LogP contribution in [0.4, 0.5) is 10.1 Å². The number of nitrogens with zero attached hydrogens (tertiary/aromatic N) is 2. The molecule has 3 rings (SSSR count). The number of amides is 1. The summed E-state index contributed by atoms with van der Waals surface area (Å²) in [6, 6.07) is 12.2. The molecule has 0 aliphatic heterocycles. The third-order valence-electron chi connectivity index (χ3n) is 3.73. The highest BCUT2D eigenvalue weighted by molar-refractivity contribution is 7.99. The Bertz CT molecular complexity index is 891. The van der Waals surface area contributed by atoms with Crippen molar-refractivity contribution in [3.8, 4) is 0 Å². The minimum absolute atomic E-state index is 0.135. The summed E-state index contributed by atoms with van der Waals surface area (Å²) in [5.41, 5.74) is 3.33. The zero-order chi connectivity index (χ0) is 17.1. The van der Waals surface area contributed by atoms with Crippen molar-refractivity contribution < 1.29 is 9.18 Å². The second-order valence-electron chi connectivity index (χ2n) is 5.42. The van der Waals surface area contributed by atoms with Gasteiger partial charge in [-0.2, -0.15) is 0 Å². The number of nitrogens with one attached hydrogen (secondary N) is 1. The van der Waals surface area contributed by atoms with Gasteiger partial charge >= 0.3 is 0 Å². The Morgan fingerprint density at radius 1 is 1.29 bits per heavy atom. The Balaban J connectivity index is 1.70. The first-order valence-corrected chi connectivity index (χ1v) is 8.71. The highest BCUT2D eigenvalue weighted by Crippen LogP contribution is 2.24. The molecule has 0 fully saturated rings. The number of hydrogen-bond donors (Lipinski definition) is 1. The highest BCUT2D eigenvalue weighted by atomic mass is 32.2. The van der Waals surface area contributed by atoms with E-state index in [-0.39, 0.29) is 17.5 Å². The Kier molecular flexibility index (Phi) is 4.85. The number of fused-ring (bicyclic) bond motifs is 1. The highest BCUT2D eigenvalue weighted by Gasteiger charge is 2.12. The predicted molar refractivity (Wildman–Crippen MR) is 95.9 cm³/mol. The van der Waals surface area contributed by atoms with Crippen molar-refractivity contribution in [3.05, 3.63) is 53.8 Å². The number of halogens is 1. The molecule has 24 heavy (non-hydrogen) atoms. The molecule has 0 saturated heterocycles. The van der Waals surface area contributed by atoms with Crippen LogP contribution < -0.4 is 5.32 Å². The summed E-state index contributed by atoms with van der Waals surface area (Å²) in [7, 11) is 0. The lowest BCUT2D eigenvalue weighted by Gasteiger charge is -2.09. The van der Waals surface area contributed by atoms with Crippen LogP contribution in [0.25, 0.3) is 11.0 Å². The standard InChI is InChI=1S/C18H18FN3OS/c1-3-22-16-7-5-4-6-15(16)21-18(22)24-11-17(23)20-14-9-8-13(19)10-12(14)2/h4-10H,3,11H2,1-2H3,(H,20,23). The third-order valence-corrected chi connectivity index (χ3v) is 4.71. The fraction of sp³-hybridized carbons (Fsp3) is 0.222. The molecule has 0 aliphatic carbocycles. The number of imidazole rings is 1. The first-order chi connectivity index (χ1) is 11.6. The number of para-hydroxylation sites is 2. The van der Waals surface area contributed by atoms with Gasteiger partial charge < -0.3 is 9.88 Å². The van der Waals surface area contributed by atoms with Crippen LogP contribution in [0.15, 0.2) is 47.6 Å². The van der Waals surface area contributed by atoms with E-state index in [2.05, 4.69) is 21.8 Å². The summed E-state index contributed by atoms with van der Waals surface area (Å²) in [5, 5.41) is 3.64. The number of thioether (sulfide) groups is 1. The first kappa shape index (κ1) is 16.5. The van der Waals surface area contributed by atoms with Crippen LogP contribution in [0.1, 0.15) is 12.5 Å². The van der Waals surface area contributed by atoms with Crippen LogP contribution >= 0.6 is 11.8 Å². The lowest BCUT2D eigenvalue weighted by Crippen LogP contribution is -2.15. The summed E-state index contributed by atoms with van der Waals surface area (Å²) >= 11 is 1.40. The second-order valence-corrected chi connectivity index (χ2v) is 6.37. The Morgan fingerprint density at radius 3 is 2.83 bits per heavy atom. The molecule has 124 valence electrons. The van der Waals surface area contributed by atoms with Crippen molar-refractivity contribution >= 4 is 34.4 Å². The molecule has 2 aromatic carbocycles. The van der Waals surface area contributed by atoms with E-state index in [0.717, 1.165) is 22.7 Å². The molecular formula is C18H18FN3OS. The quantitative estimate of drug-likeness (QED) is 0.705. The first-order valence-electron chi connectivity index (χ1n) is 7.72. The maximum Gasteiger partial charge on any atom is 0.234 e. The van der Waals surface area contributed by atoms with Crippen molar-refractivity contribution in [1.82, 2.24) is 9.55 Å². The molecule has 4 nitrogen and oxygen atoms in total. The monoisotopic (exact) mass is 343 g/mol. The average Bonchev–Trinajstić information content (AvgIpc) is 2.93. The van der Waals surface area contributed by atoms with E-state index in [0.29, 0.717) is 11.3 Å². The lowest BCUT2D eigenvalue weighted by molar-refractivity contribution is -0.113. The smallest absolute Gasteiger partial charge is 0.234 e. The fourth-order valence-electron chi connectivity index (χ4n) is 2.55. The van der Waals surface area contributed by atoms with Crippen LogP contribution in [-0.2, 0) is 11.3 Å². The Hall–Kier alpha value is -2.34. The molecule has 6 heteroatoms. The lowest BCUT2D eigenvalue weighted by atomic mass is 10.2. The van der Waals surface area contributed by atoms with Gasteiger partial charge in [0, 0.05) is 12.2 Å². The minimum Gasteiger partial charge on any atom is -0.325 e. The summed E-state index contributed by atoms with van der Waals surface area (Å²) in [4.78, 5) is 16.8. The molecule has 0 bridgehead atoms. The van der Waals surface area contributed by atoms with Gasteiger partial charge in [0.05, 0.1) is 16.8 Å². The van der Waals surface area contributed by atoms with Crippen LogP contribution in [0.2, 0.25) is 0 Å². The van der Waals surface area contributed by atoms with Gasteiger partial charge in [0.15, 0.2) is 5.16 Å². The maximum absolute atomic E-state index is 13.1. The van der Waals surface area contributed by atoms with Crippen molar-refractivity contribution in [3.63, 3.8) is 0 Å². The third kappa shape index (κ3) is 3.43. The summed E-state index contributed by atoms with van der Waals surface area (Å²) < 4.78 is 15.2. The number of benzene rings is 2. The molecule has 1 amide bonds. The van der Waals surface area contributed by atoms with Gasteiger partial charge in [0.1, 0.15) is 5.82 Å². The maximum atomic E-state index is 13.1. The van der Waals surface area contributed by atoms with E-state index >= 15 is 0 Å². The van der Waals surface area contributed by atoms with Gasteiger partial charge in [0.25, 0.3) is 0 Å². The van der Waals surface area contributed by atoms with Gasteiger partial charge in [-0.3, -0.25) is 4.79 Å². The van der Waals surface area contributed by atoms with E-state index in [4.69, 9.17) is 0 Å². The van der Waals surface area contributed by atoms with E-state index in [1.807, 2.05) is 24.3 Å². The van der Waals surface area contributed by atoms with Gasteiger partial charge in [0.2, 0.25) is 5.91 Å². The average molecular weight is 343 g/mol. The molecule has 0 unspecified atom stereocenters. The molecule has 3 aromatic rings. The zero-order valence-corrected chi connectivity index (χ0v) is 14.4. The van der Waals surface area contributed by atoms with E-state index in [1.165, 1.54) is 23.9 Å². The van der Waals surface area contributed by atoms with Crippen molar-refractivity contribution in [2.75, 3.05) is 11.1 Å². The number of anilines is 1. The molecule has 1 heterocycles. The molecule has 0 aliphatic rings. The van der Waals surface area contributed by atoms with Crippen molar-refractivity contribution in [2.45, 2.75) is 25.5 Å². The minimum atomic E-state index is -0.309. The molecule has 0 atom stereocenters. The number of carbonyl (C=O) groups excluding carboxylic acids is 1. The van der Waals surface area contributed by atoms with E-state index in [9.17, 15) is 9.18 Å². The normalized spacial score (nSPS) is 11.0. The summed E-state index contributed by atoms with van der Waals surface area (Å²) in [6.07, 6.45) is 0. The number of rotatable bonds is 5. The molecule has 0 saturated carbocycles. The largest absolute Gasteiger partial charge is 0.325 e. The number of aryl methyl sites for hydroxylation is 2. The van der Waals surface area contributed by atoms with Gasteiger partial charge in [-0.15, -0.1) is 0 Å². The van der Waals surface area contributed by atoms with Crippen LogP contribution in [0.3, 0.4) is 0 Å². The van der Waals surface area contributed by atoms with E-state index < -0.39 is 0 Å². The predicted octanol–water partition coefficient (Wildman–Crippen LogP) is 4.23. The molecule has 1 N–H and O–H groups in total. The molecule has 0 radical (unpaired) electrons.